The molecule has 6 nitrogen and oxygen atoms in total. The molecule has 1 saturated heterocycles. The van der Waals surface area contributed by atoms with Crippen molar-refractivity contribution in [3.05, 3.63) is 77.9 Å². The molecule has 3 aromatic rings. The van der Waals surface area contributed by atoms with Crippen LogP contribution in [0, 0.1) is 0 Å². The Bertz CT molecular complexity index is 1130. The van der Waals surface area contributed by atoms with Gasteiger partial charge in [-0.25, -0.2) is 4.79 Å². The van der Waals surface area contributed by atoms with Gasteiger partial charge in [-0.1, -0.05) is 60.7 Å². The Morgan fingerprint density at radius 2 is 1.77 bits per heavy atom. The normalized spacial score (nSPS) is 18.9. The summed E-state index contributed by atoms with van der Waals surface area (Å²) in [6, 6.07) is 21.0. The zero-order valence-corrected chi connectivity index (χ0v) is 17.0. The lowest BCUT2D eigenvalue weighted by Gasteiger charge is -2.20. The van der Waals surface area contributed by atoms with Crippen molar-refractivity contribution in [2.24, 2.45) is 5.10 Å². The number of hydrazone groups is 1. The second-order valence-corrected chi connectivity index (χ2v) is 7.51. The first-order chi connectivity index (χ1) is 14.5. The van der Waals surface area contributed by atoms with Gasteiger partial charge in [0.2, 0.25) is 0 Å². The number of hydrogen-bond donors (Lipinski definition) is 1. The first kappa shape index (κ1) is 19.6. The number of nitrogens with zero attached hydrogens (tertiary/aromatic N) is 2. The number of nitrogens with one attached hydrogen (secondary N) is 1. The quantitative estimate of drug-likeness (QED) is 0.499. The maximum atomic E-state index is 13.0. The summed E-state index contributed by atoms with van der Waals surface area (Å²) < 4.78 is 5.46. The molecule has 6 heteroatoms. The Morgan fingerprint density at radius 3 is 2.53 bits per heavy atom. The largest absolute Gasteiger partial charge is 0.496 e. The maximum absolute atomic E-state index is 13.0. The number of hydrogen-bond acceptors (Lipinski definition) is 4. The average Bonchev–Trinajstić information content (AvgIpc) is 2.99. The second kappa shape index (κ2) is 7.99. The fraction of sp³-hybridized carbons (Fsp3) is 0.208. The zero-order valence-electron chi connectivity index (χ0n) is 17.0. The van der Waals surface area contributed by atoms with E-state index in [1.54, 1.807) is 14.0 Å². The number of rotatable bonds is 6. The number of amides is 3. The van der Waals surface area contributed by atoms with Crippen molar-refractivity contribution in [2.45, 2.75) is 25.3 Å². The van der Waals surface area contributed by atoms with Gasteiger partial charge in [-0.3, -0.25) is 4.79 Å². The summed E-state index contributed by atoms with van der Waals surface area (Å²) in [5.74, 6) is 0.259. The van der Waals surface area contributed by atoms with Crippen LogP contribution in [-0.2, 0) is 11.2 Å². The summed E-state index contributed by atoms with van der Waals surface area (Å²) in [4.78, 5) is 25.5. The Labute approximate surface area is 175 Å². The highest BCUT2D eigenvalue weighted by Gasteiger charge is 2.47. The topological polar surface area (TPSA) is 71.0 Å². The number of methoxy groups -OCH3 is 1. The maximum Gasteiger partial charge on any atom is 0.346 e. The van der Waals surface area contributed by atoms with E-state index >= 15 is 0 Å². The lowest BCUT2D eigenvalue weighted by atomic mass is 9.93. The van der Waals surface area contributed by atoms with E-state index in [9.17, 15) is 9.59 Å². The second-order valence-electron chi connectivity index (χ2n) is 7.51. The fourth-order valence-corrected chi connectivity index (χ4v) is 3.68. The standard InChI is InChI=1S/C24H23N3O3/c1-24(15-14-17-8-4-3-5-9-17)22(28)27(23(29)26-24)25-16-20-19-11-7-6-10-18(19)12-13-21(20)30-2/h3-13,16H,14-15H2,1-2H3,(H,26,29)/b25-16-/t24-/m1/s1. The summed E-state index contributed by atoms with van der Waals surface area (Å²) in [7, 11) is 1.58. The Hall–Kier alpha value is -3.67. The third-order valence-corrected chi connectivity index (χ3v) is 5.45. The third kappa shape index (κ3) is 3.64. The molecule has 152 valence electrons. The number of carbonyl (C=O) groups excluding carboxylic acids is 2. The number of imide groups is 1. The predicted molar refractivity (Wildman–Crippen MR) is 117 cm³/mol. The molecule has 0 spiro atoms. The van der Waals surface area contributed by atoms with Crippen LogP contribution >= 0.6 is 0 Å². The van der Waals surface area contributed by atoms with Crippen molar-refractivity contribution in [3.8, 4) is 5.75 Å². The lowest BCUT2D eigenvalue weighted by molar-refractivity contribution is -0.130. The predicted octanol–water partition coefficient (Wildman–Crippen LogP) is 4.13. The van der Waals surface area contributed by atoms with E-state index < -0.39 is 11.6 Å². The molecule has 0 saturated carbocycles. The molecule has 0 aromatic heterocycles. The smallest absolute Gasteiger partial charge is 0.346 e. The Morgan fingerprint density at radius 1 is 1.03 bits per heavy atom. The van der Waals surface area contributed by atoms with Crippen molar-refractivity contribution >= 4 is 28.9 Å². The molecule has 1 fully saturated rings. The number of aryl methyl sites for hydroxylation is 1. The minimum Gasteiger partial charge on any atom is -0.496 e. The Kier molecular flexibility index (Phi) is 5.23. The van der Waals surface area contributed by atoms with Gasteiger partial charge in [0.1, 0.15) is 11.3 Å². The van der Waals surface area contributed by atoms with Crippen LogP contribution in [-0.4, -0.2) is 35.8 Å². The van der Waals surface area contributed by atoms with Crippen LogP contribution in [0.15, 0.2) is 71.8 Å². The van der Waals surface area contributed by atoms with Crippen molar-refractivity contribution in [1.82, 2.24) is 10.3 Å². The number of urea groups is 1. The van der Waals surface area contributed by atoms with Gasteiger partial charge in [0.25, 0.3) is 5.91 Å². The van der Waals surface area contributed by atoms with Crippen molar-refractivity contribution in [1.29, 1.82) is 0 Å². The van der Waals surface area contributed by atoms with E-state index in [1.807, 2.05) is 66.7 Å². The van der Waals surface area contributed by atoms with Crippen LogP contribution in [0.5, 0.6) is 5.75 Å². The highest BCUT2D eigenvalue weighted by molar-refractivity contribution is 6.08. The van der Waals surface area contributed by atoms with Gasteiger partial charge < -0.3 is 10.1 Å². The molecule has 0 aliphatic carbocycles. The first-order valence-corrected chi connectivity index (χ1v) is 9.82. The minimum absolute atomic E-state index is 0.362. The molecule has 1 aliphatic rings. The van der Waals surface area contributed by atoms with Gasteiger partial charge in [0, 0.05) is 5.56 Å². The van der Waals surface area contributed by atoms with Crippen LogP contribution in [0.3, 0.4) is 0 Å². The molecule has 0 radical (unpaired) electrons. The zero-order chi connectivity index (χ0) is 21.1. The van der Waals surface area contributed by atoms with E-state index in [0.717, 1.165) is 21.3 Å². The molecule has 0 unspecified atom stereocenters. The number of fused-ring (bicyclic) bond motifs is 1. The first-order valence-electron chi connectivity index (χ1n) is 9.82. The average molecular weight is 401 g/mol. The molecule has 1 atom stereocenters. The summed E-state index contributed by atoms with van der Waals surface area (Å²) in [6.45, 7) is 1.74. The van der Waals surface area contributed by atoms with Crippen molar-refractivity contribution in [3.63, 3.8) is 0 Å². The minimum atomic E-state index is -0.993. The van der Waals surface area contributed by atoms with Gasteiger partial charge in [-0.05, 0) is 42.2 Å². The molecule has 30 heavy (non-hydrogen) atoms. The monoisotopic (exact) mass is 401 g/mol. The molecular weight excluding hydrogens is 378 g/mol. The molecule has 0 bridgehead atoms. The summed E-state index contributed by atoms with van der Waals surface area (Å²) in [6.07, 6.45) is 2.69. The summed E-state index contributed by atoms with van der Waals surface area (Å²) in [5, 5.41) is 9.88. The van der Waals surface area contributed by atoms with Crippen LogP contribution in [0.25, 0.3) is 10.8 Å². The van der Waals surface area contributed by atoms with E-state index in [1.165, 1.54) is 6.21 Å². The number of carbonyl (C=O) groups is 2. The van der Waals surface area contributed by atoms with Gasteiger partial charge in [0.05, 0.1) is 13.3 Å². The van der Waals surface area contributed by atoms with E-state index in [2.05, 4.69) is 10.4 Å². The van der Waals surface area contributed by atoms with Crippen LogP contribution in [0.4, 0.5) is 4.79 Å². The van der Waals surface area contributed by atoms with Crippen molar-refractivity contribution < 1.29 is 14.3 Å². The number of ether oxygens (including phenoxy) is 1. The summed E-state index contributed by atoms with van der Waals surface area (Å²) >= 11 is 0. The fourth-order valence-electron chi connectivity index (χ4n) is 3.68. The SMILES string of the molecule is COc1ccc2ccccc2c1/C=N\N1C(=O)N[C@](C)(CCc2ccccc2)C1=O. The molecule has 1 aliphatic heterocycles. The summed E-state index contributed by atoms with van der Waals surface area (Å²) in [5.41, 5.74) is 0.838. The Balaban J connectivity index is 1.58. The third-order valence-electron chi connectivity index (χ3n) is 5.45. The highest BCUT2D eigenvalue weighted by atomic mass is 16.5. The highest BCUT2D eigenvalue weighted by Crippen LogP contribution is 2.28. The van der Waals surface area contributed by atoms with Crippen molar-refractivity contribution in [2.75, 3.05) is 7.11 Å². The van der Waals surface area contributed by atoms with Gasteiger partial charge in [-0.15, -0.1) is 5.01 Å². The molecule has 1 N–H and O–H groups in total. The lowest BCUT2D eigenvalue weighted by Crippen LogP contribution is -2.44. The van der Waals surface area contributed by atoms with E-state index in [-0.39, 0.29) is 5.91 Å². The molecule has 1 heterocycles. The molecule has 4 rings (SSSR count). The van der Waals surface area contributed by atoms with Gasteiger partial charge in [0.15, 0.2) is 0 Å². The van der Waals surface area contributed by atoms with Gasteiger partial charge in [-0.2, -0.15) is 5.10 Å². The molecular formula is C24H23N3O3. The van der Waals surface area contributed by atoms with Crippen LogP contribution in [0.1, 0.15) is 24.5 Å². The number of benzene rings is 3. The molecule has 3 amide bonds. The van der Waals surface area contributed by atoms with Crippen LogP contribution < -0.4 is 10.1 Å². The van der Waals surface area contributed by atoms with Crippen LogP contribution in [0.2, 0.25) is 0 Å². The molecule has 3 aromatic carbocycles. The van der Waals surface area contributed by atoms with E-state index in [4.69, 9.17) is 4.74 Å². The van der Waals surface area contributed by atoms with Gasteiger partial charge >= 0.3 is 6.03 Å². The van der Waals surface area contributed by atoms with E-state index in [0.29, 0.717) is 24.2 Å².